The van der Waals surface area contributed by atoms with E-state index in [4.69, 9.17) is 4.74 Å². The molecule has 0 aliphatic carbocycles. The Hall–Kier alpha value is -2.53. The van der Waals surface area contributed by atoms with Gasteiger partial charge in [-0.1, -0.05) is 18.2 Å². The van der Waals surface area contributed by atoms with E-state index in [1.54, 1.807) is 0 Å². The third-order valence-corrected chi connectivity index (χ3v) is 5.14. The molecule has 0 atom stereocenters. The lowest BCUT2D eigenvalue weighted by Crippen LogP contribution is -2.44. The van der Waals surface area contributed by atoms with E-state index in [0.717, 1.165) is 43.1 Å². The minimum atomic E-state index is -0.114. The van der Waals surface area contributed by atoms with Crippen molar-refractivity contribution >= 4 is 11.6 Å². The van der Waals surface area contributed by atoms with Crippen LogP contribution in [0.2, 0.25) is 0 Å². The molecule has 2 aromatic carbocycles. The number of benzene rings is 2. The van der Waals surface area contributed by atoms with Crippen molar-refractivity contribution in [3.63, 3.8) is 0 Å². The van der Waals surface area contributed by atoms with Gasteiger partial charge in [0.2, 0.25) is 0 Å². The van der Waals surface area contributed by atoms with Gasteiger partial charge in [-0.25, -0.2) is 0 Å². The Morgan fingerprint density at radius 2 is 1.70 bits per heavy atom. The van der Waals surface area contributed by atoms with Crippen LogP contribution in [0.25, 0.3) is 0 Å². The van der Waals surface area contributed by atoms with Gasteiger partial charge in [0.05, 0.1) is 0 Å². The summed E-state index contributed by atoms with van der Waals surface area (Å²) < 4.78 is 5.58. The van der Waals surface area contributed by atoms with Crippen molar-refractivity contribution in [1.29, 1.82) is 0 Å². The fourth-order valence-corrected chi connectivity index (χ4v) is 3.09. The van der Waals surface area contributed by atoms with Gasteiger partial charge in [0, 0.05) is 38.4 Å². The molecule has 0 radical (unpaired) electrons. The smallest absolute Gasteiger partial charge is 0.258 e. The first-order valence-corrected chi connectivity index (χ1v) is 9.50. The van der Waals surface area contributed by atoms with Crippen LogP contribution in [0.1, 0.15) is 16.7 Å². The standard InChI is InChI=1S/C22H29N3O2/c1-17-4-9-21(14-18(17)2)27-16-22(26)23-15-19-5-7-20(8-6-19)25-12-10-24(3)11-13-25/h4-9,14H,10-13,15-16H2,1-3H3,(H,23,26). The number of rotatable bonds is 6. The first-order chi connectivity index (χ1) is 13.0. The highest BCUT2D eigenvalue weighted by Crippen LogP contribution is 2.17. The van der Waals surface area contributed by atoms with Gasteiger partial charge >= 0.3 is 0 Å². The zero-order chi connectivity index (χ0) is 19.2. The van der Waals surface area contributed by atoms with Gasteiger partial charge in [-0.15, -0.1) is 0 Å². The highest BCUT2D eigenvalue weighted by atomic mass is 16.5. The minimum absolute atomic E-state index is 0.0296. The zero-order valence-corrected chi connectivity index (χ0v) is 16.5. The third kappa shape index (κ3) is 5.47. The quantitative estimate of drug-likeness (QED) is 0.853. The second kappa shape index (κ2) is 8.91. The van der Waals surface area contributed by atoms with E-state index in [9.17, 15) is 4.79 Å². The number of anilines is 1. The maximum absolute atomic E-state index is 12.0. The number of carbonyl (C=O) groups excluding carboxylic acids is 1. The number of nitrogens with zero attached hydrogens (tertiary/aromatic N) is 2. The van der Waals surface area contributed by atoms with Crippen molar-refractivity contribution in [1.82, 2.24) is 10.2 Å². The summed E-state index contributed by atoms with van der Waals surface area (Å²) in [5, 5.41) is 2.92. The Bertz CT molecular complexity index is 766. The van der Waals surface area contributed by atoms with Crippen LogP contribution in [0.5, 0.6) is 5.75 Å². The fraction of sp³-hybridized carbons (Fsp3) is 0.409. The summed E-state index contributed by atoms with van der Waals surface area (Å²) >= 11 is 0. The number of carbonyl (C=O) groups is 1. The summed E-state index contributed by atoms with van der Waals surface area (Å²) in [5.41, 5.74) is 4.71. The fourth-order valence-electron chi connectivity index (χ4n) is 3.09. The summed E-state index contributed by atoms with van der Waals surface area (Å²) in [6.45, 7) is 8.94. The van der Waals surface area contributed by atoms with E-state index in [1.807, 2.05) is 25.1 Å². The van der Waals surface area contributed by atoms with E-state index in [2.05, 4.69) is 53.4 Å². The lowest BCUT2D eigenvalue weighted by molar-refractivity contribution is -0.123. The number of piperazine rings is 1. The summed E-state index contributed by atoms with van der Waals surface area (Å²) in [7, 11) is 2.16. The molecular weight excluding hydrogens is 338 g/mol. The Labute approximate surface area is 161 Å². The largest absolute Gasteiger partial charge is 0.484 e. The molecule has 0 aromatic heterocycles. The number of ether oxygens (including phenoxy) is 1. The van der Waals surface area contributed by atoms with E-state index in [-0.39, 0.29) is 12.5 Å². The van der Waals surface area contributed by atoms with Crippen LogP contribution in [0.4, 0.5) is 5.69 Å². The van der Waals surface area contributed by atoms with Gasteiger partial charge in [0.15, 0.2) is 6.61 Å². The summed E-state index contributed by atoms with van der Waals surface area (Å²) in [6, 6.07) is 14.3. The van der Waals surface area contributed by atoms with Crippen LogP contribution in [-0.4, -0.2) is 50.6 Å². The summed E-state index contributed by atoms with van der Waals surface area (Å²) in [5.74, 6) is 0.612. The molecule has 1 N–H and O–H groups in total. The van der Waals surface area contributed by atoms with E-state index in [1.165, 1.54) is 11.3 Å². The number of hydrogen-bond donors (Lipinski definition) is 1. The lowest BCUT2D eigenvalue weighted by Gasteiger charge is -2.34. The van der Waals surface area contributed by atoms with E-state index in [0.29, 0.717) is 6.54 Å². The van der Waals surface area contributed by atoms with Crippen molar-refractivity contribution in [2.24, 2.45) is 0 Å². The van der Waals surface area contributed by atoms with Gasteiger partial charge in [0.1, 0.15) is 5.75 Å². The van der Waals surface area contributed by atoms with E-state index >= 15 is 0 Å². The van der Waals surface area contributed by atoms with Crippen LogP contribution < -0.4 is 15.0 Å². The molecule has 5 nitrogen and oxygen atoms in total. The van der Waals surface area contributed by atoms with Crippen molar-refractivity contribution < 1.29 is 9.53 Å². The Morgan fingerprint density at radius 3 is 2.37 bits per heavy atom. The highest BCUT2D eigenvalue weighted by molar-refractivity contribution is 5.77. The number of hydrogen-bond acceptors (Lipinski definition) is 4. The second-order valence-electron chi connectivity index (χ2n) is 7.27. The van der Waals surface area contributed by atoms with E-state index < -0.39 is 0 Å². The predicted octanol–water partition coefficient (Wildman–Crippen LogP) is 2.75. The number of amides is 1. The van der Waals surface area contributed by atoms with Crippen molar-refractivity contribution in [3.8, 4) is 5.75 Å². The molecule has 1 aliphatic heterocycles. The zero-order valence-electron chi connectivity index (χ0n) is 16.5. The molecule has 0 spiro atoms. The molecule has 1 fully saturated rings. The monoisotopic (exact) mass is 367 g/mol. The maximum atomic E-state index is 12.0. The molecule has 1 amide bonds. The number of aryl methyl sites for hydroxylation is 2. The molecule has 1 saturated heterocycles. The first-order valence-electron chi connectivity index (χ1n) is 9.50. The van der Waals surface area contributed by atoms with Crippen LogP contribution in [-0.2, 0) is 11.3 Å². The van der Waals surface area contributed by atoms with Crippen LogP contribution in [0.15, 0.2) is 42.5 Å². The molecule has 3 rings (SSSR count). The first kappa shape index (κ1) is 19.2. The van der Waals surface area contributed by atoms with Gasteiger partial charge in [0.25, 0.3) is 5.91 Å². The lowest BCUT2D eigenvalue weighted by atomic mass is 10.1. The molecule has 0 bridgehead atoms. The van der Waals surface area contributed by atoms with Gasteiger partial charge < -0.3 is 19.9 Å². The van der Waals surface area contributed by atoms with Crippen LogP contribution in [0, 0.1) is 13.8 Å². The normalized spacial score (nSPS) is 14.9. The molecule has 144 valence electrons. The number of likely N-dealkylation sites (N-methyl/N-ethyl adjacent to an activating group) is 1. The molecule has 0 saturated carbocycles. The minimum Gasteiger partial charge on any atom is -0.484 e. The van der Waals surface area contributed by atoms with Crippen LogP contribution >= 0.6 is 0 Å². The van der Waals surface area contributed by atoms with Crippen LogP contribution in [0.3, 0.4) is 0 Å². The summed E-state index contributed by atoms with van der Waals surface area (Å²) in [4.78, 5) is 16.8. The Balaban J connectivity index is 1.43. The average molecular weight is 367 g/mol. The maximum Gasteiger partial charge on any atom is 0.258 e. The van der Waals surface area contributed by atoms with Crippen molar-refractivity contribution in [2.75, 3.05) is 44.7 Å². The Kier molecular flexibility index (Phi) is 6.35. The average Bonchev–Trinajstić information content (AvgIpc) is 2.68. The van der Waals surface area contributed by atoms with Gasteiger partial charge in [-0.05, 0) is 61.9 Å². The topological polar surface area (TPSA) is 44.8 Å². The molecule has 5 heteroatoms. The van der Waals surface area contributed by atoms with Crippen molar-refractivity contribution in [3.05, 3.63) is 59.2 Å². The molecule has 1 heterocycles. The molecular formula is C22H29N3O2. The second-order valence-corrected chi connectivity index (χ2v) is 7.27. The summed E-state index contributed by atoms with van der Waals surface area (Å²) in [6.07, 6.45) is 0. The predicted molar refractivity (Wildman–Crippen MR) is 109 cm³/mol. The Morgan fingerprint density at radius 1 is 1.00 bits per heavy atom. The molecule has 27 heavy (non-hydrogen) atoms. The van der Waals surface area contributed by atoms with Gasteiger partial charge in [-0.2, -0.15) is 0 Å². The SMILES string of the molecule is Cc1ccc(OCC(=O)NCc2ccc(N3CCN(C)CC3)cc2)cc1C. The molecule has 0 unspecified atom stereocenters. The number of nitrogens with one attached hydrogen (secondary N) is 1. The van der Waals surface area contributed by atoms with Gasteiger partial charge in [-0.3, -0.25) is 4.79 Å². The molecule has 2 aromatic rings. The highest BCUT2D eigenvalue weighted by Gasteiger charge is 2.14. The van der Waals surface area contributed by atoms with Crippen molar-refractivity contribution in [2.45, 2.75) is 20.4 Å². The third-order valence-electron chi connectivity index (χ3n) is 5.14. The molecule has 1 aliphatic rings.